The minimum Gasteiger partial charge on any atom is -0.361 e. The first-order chi connectivity index (χ1) is 12.1. The van der Waals surface area contributed by atoms with Crippen molar-refractivity contribution in [2.45, 2.75) is 18.4 Å². The molecule has 0 spiro atoms. The second-order valence-corrected chi connectivity index (χ2v) is 7.08. The molecule has 1 fully saturated rings. The third kappa shape index (κ3) is 5.07. The molecule has 1 aromatic heterocycles. The molecule has 0 unspecified atom stereocenters. The van der Waals surface area contributed by atoms with Crippen molar-refractivity contribution in [2.24, 2.45) is 0 Å². The zero-order chi connectivity index (χ0) is 17.6. The molecule has 25 heavy (non-hydrogen) atoms. The molecule has 0 radical (unpaired) electrons. The van der Waals surface area contributed by atoms with Gasteiger partial charge in [-0.25, -0.2) is 0 Å². The average molecular weight is 360 g/mol. The first-order valence-corrected chi connectivity index (χ1v) is 9.66. The molecule has 2 heterocycles. The molecule has 0 bridgehead atoms. The number of hydrogen-bond donors (Lipinski definition) is 1. The van der Waals surface area contributed by atoms with E-state index in [0.29, 0.717) is 6.54 Å². The molecule has 3 rings (SSSR count). The van der Waals surface area contributed by atoms with Crippen LogP contribution in [0.2, 0.25) is 0 Å². The number of benzene rings is 1. The SMILES string of the molecule is CSc1ccccc1NC(=O)CN1CCN(Cc2cc(C)on2)CC1. The number of para-hydroxylation sites is 1. The quantitative estimate of drug-likeness (QED) is 0.799. The summed E-state index contributed by atoms with van der Waals surface area (Å²) in [5, 5.41) is 7.07. The van der Waals surface area contributed by atoms with E-state index in [4.69, 9.17) is 4.52 Å². The Hall–Kier alpha value is -1.83. The highest BCUT2D eigenvalue weighted by Crippen LogP contribution is 2.24. The van der Waals surface area contributed by atoms with E-state index in [-0.39, 0.29) is 5.91 Å². The van der Waals surface area contributed by atoms with E-state index >= 15 is 0 Å². The van der Waals surface area contributed by atoms with Gasteiger partial charge < -0.3 is 9.84 Å². The number of thioether (sulfide) groups is 1. The van der Waals surface area contributed by atoms with Crippen LogP contribution >= 0.6 is 11.8 Å². The number of anilines is 1. The molecular formula is C18H24N4O2S. The van der Waals surface area contributed by atoms with Crippen molar-refractivity contribution in [3.63, 3.8) is 0 Å². The third-order valence-electron chi connectivity index (χ3n) is 4.28. The zero-order valence-electron chi connectivity index (χ0n) is 14.7. The molecule has 1 aliphatic heterocycles. The van der Waals surface area contributed by atoms with Gasteiger partial charge in [0.1, 0.15) is 5.76 Å². The molecule has 0 atom stereocenters. The van der Waals surface area contributed by atoms with Crippen molar-refractivity contribution < 1.29 is 9.32 Å². The predicted molar refractivity (Wildman–Crippen MR) is 99.8 cm³/mol. The topological polar surface area (TPSA) is 61.6 Å². The lowest BCUT2D eigenvalue weighted by atomic mass is 10.2. The maximum absolute atomic E-state index is 12.3. The molecule has 134 valence electrons. The smallest absolute Gasteiger partial charge is 0.238 e. The summed E-state index contributed by atoms with van der Waals surface area (Å²) in [5.74, 6) is 0.887. The van der Waals surface area contributed by atoms with Crippen LogP contribution < -0.4 is 5.32 Å². The van der Waals surface area contributed by atoms with E-state index in [1.807, 2.05) is 43.5 Å². The van der Waals surface area contributed by atoms with Crippen LogP contribution in [0.1, 0.15) is 11.5 Å². The van der Waals surface area contributed by atoms with Gasteiger partial charge in [-0.15, -0.1) is 11.8 Å². The van der Waals surface area contributed by atoms with Gasteiger partial charge in [-0.05, 0) is 25.3 Å². The number of amides is 1. The molecular weight excluding hydrogens is 336 g/mol. The van der Waals surface area contributed by atoms with Gasteiger partial charge in [-0.3, -0.25) is 14.6 Å². The molecule has 7 heteroatoms. The zero-order valence-corrected chi connectivity index (χ0v) is 15.5. The minimum absolute atomic E-state index is 0.0436. The average Bonchev–Trinajstić information content (AvgIpc) is 3.02. The fourth-order valence-corrected chi connectivity index (χ4v) is 3.52. The number of aromatic nitrogens is 1. The molecule has 1 aromatic carbocycles. The third-order valence-corrected chi connectivity index (χ3v) is 5.07. The normalized spacial score (nSPS) is 16.1. The largest absolute Gasteiger partial charge is 0.361 e. The fraction of sp³-hybridized carbons (Fsp3) is 0.444. The van der Waals surface area contributed by atoms with Crippen LogP contribution in [0.5, 0.6) is 0 Å². The lowest BCUT2D eigenvalue weighted by Gasteiger charge is -2.33. The number of aryl methyl sites for hydroxylation is 1. The predicted octanol–water partition coefficient (Wildman–Crippen LogP) is 2.46. The maximum Gasteiger partial charge on any atom is 0.238 e. The molecule has 1 N–H and O–H groups in total. The summed E-state index contributed by atoms with van der Waals surface area (Å²) < 4.78 is 5.11. The number of rotatable bonds is 6. The standard InChI is InChI=1S/C18H24N4O2S/c1-14-11-15(20-24-14)12-21-7-9-22(10-8-21)13-18(23)19-16-5-3-4-6-17(16)25-2/h3-6,11H,7-10,12-13H2,1-2H3,(H,19,23). The minimum atomic E-state index is 0.0436. The second-order valence-electron chi connectivity index (χ2n) is 6.23. The van der Waals surface area contributed by atoms with E-state index in [1.54, 1.807) is 11.8 Å². The molecule has 0 saturated carbocycles. The van der Waals surface area contributed by atoms with Crippen LogP contribution in [-0.4, -0.2) is 59.8 Å². The summed E-state index contributed by atoms with van der Waals surface area (Å²) >= 11 is 1.64. The molecule has 1 aliphatic rings. The fourth-order valence-electron chi connectivity index (χ4n) is 2.97. The van der Waals surface area contributed by atoms with Gasteiger partial charge in [0.15, 0.2) is 0 Å². The summed E-state index contributed by atoms with van der Waals surface area (Å²) in [7, 11) is 0. The van der Waals surface area contributed by atoms with Gasteiger partial charge in [-0.1, -0.05) is 17.3 Å². The van der Waals surface area contributed by atoms with Crippen molar-refractivity contribution in [3.8, 4) is 0 Å². The van der Waals surface area contributed by atoms with E-state index in [9.17, 15) is 4.79 Å². The Balaban J connectivity index is 1.44. The van der Waals surface area contributed by atoms with Gasteiger partial charge in [0.25, 0.3) is 0 Å². The Bertz CT molecular complexity index is 711. The Morgan fingerprint density at radius 3 is 2.64 bits per heavy atom. The van der Waals surface area contributed by atoms with Gasteiger partial charge in [0.2, 0.25) is 5.91 Å². The first-order valence-electron chi connectivity index (χ1n) is 8.44. The van der Waals surface area contributed by atoms with Gasteiger partial charge in [-0.2, -0.15) is 0 Å². The first kappa shape index (κ1) is 18.0. The number of nitrogens with one attached hydrogen (secondary N) is 1. The number of nitrogens with zero attached hydrogens (tertiary/aromatic N) is 3. The lowest BCUT2D eigenvalue weighted by molar-refractivity contribution is -0.117. The van der Waals surface area contributed by atoms with Crippen molar-refractivity contribution in [1.29, 1.82) is 0 Å². The summed E-state index contributed by atoms with van der Waals surface area (Å²) in [4.78, 5) is 18.0. The highest BCUT2D eigenvalue weighted by atomic mass is 32.2. The van der Waals surface area contributed by atoms with Crippen LogP contribution in [0.25, 0.3) is 0 Å². The number of piperazine rings is 1. The lowest BCUT2D eigenvalue weighted by Crippen LogP contribution is -2.48. The van der Waals surface area contributed by atoms with Crippen LogP contribution in [0.3, 0.4) is 0 Å². The van der Waals surface area contributed by atoms with Crippen molar-refractivity contribution in [3.05, 3.63) is 41.8 Å². The van der Waals surface area contributed by atoms with E-state index in [0.717, 1.165) is 54.8 Å². The van der Waals surface area contributed by atoms with E-state index < -0.39 is 0 Å². The summed E-state index contributed by atoms with van der Waals surface area (Å²) in [5.41, 5.74) is 1.86. The van der Waals surface area contributed by atoms with Crippen LogP contribution in [0.15, 0.2) is 39.8 Å². The number of carbonyl (C=O) groups excluding carboxylic acids is 1. The summed E-state index contributed by atoms with van der Waals surface area (Å²) in [6.07, 6.45) is 2.01. The molecule has 0 aliphatic carbocycles. The monoisotopic (exact) mass is 360 g/mol. The highest BCUT2D eigenvalue weighted by Gasteiger charge is 2.20. The van der Waals surface area contributed by atoms with E-state index in [2.05, 4.69) is 20.3 Å². The van der Waals surface area contributed by atoms with Crippen molar-refractivity contribution in [2.75, 3.05) is 44.3 Å². The Morgan fingerprint density at radius 1 is 1.24 bits per heavy atom. The summed E-state index contributed by atoms with van der Waals surface area (Å²) in [6.45, 7) is 6.77. The highest BCUT2D eigenvalue weighted by molar-refractivity contribution is 7.98. The van der Waals surface area contributed by atoms with Gasteiger partial charge in [0.05, 0.1) is 17.9 Å². The second kappa shape index (κ2) is 8.51. The molecule has 2 aromatic rings. The van der Waals surface area contributed by atoms with Gasteiger partial charge in [0, 0.05) is 43.7 Å². The van der Waals surface area contributed by atoms with Crippen LogP contribution in [-0.2, 0) is 11.3 Å². The van der Waals surface area contributed by atoms with Gasteiger partial charge >= 0.3 is 0 Å². The van der Waals surface area contributed by atoms with Crippen LogP contribution in [0, 0.1) is 6.92 Å². The van der Waals surface area contributed by atoms with Crippen molar-refractivity contribution in [1.82, 2.24) is 15.0 Å². The maximum atomic E-state index is 12.3. The summed E-state index contributed by atoms with van der Waals surface area (Å²) in [6, 6.07) is 9.87. The Kier molecular flexibility index (Phi) is 6.12. The Morgan fingerprint density at radius 2 is 1.96 bits per heavy atom. The Labute approximate surface area is 152 Å². The molecule has 1 amide bonds. The van der Waals surface area contributed by atoms with Crippen molar-refractivity contribution >= 4 is 23.4 Å². The molecule has 6 nitrogen and oxygen atoms in total. The number of carbonyl (C=O) groups is 1. The van der Waals surface area contributed by atoms with E-state index in [1.165, 1.54) is 0 Å². The number of hydrogen-bond acceptors (Lipinski definition) is 6. The molecule has 1 saturated heterocycles. The van der Waals surface area contributed by atoms with Crippen LogP contribution in [0.4, 0.5) is 5.69 Å².